The Hall–Kier alpha value is -3.82. The summed E-state index contributed by atoms with van der Waals surface area (Å²) in [6.45, 7) is 3.12. The van der Waals surface area contributed by atoms with Crippen LogP contribution in [-0.2, 0) is 11.0 Å². The van der Waals surface area contributed by atoms with E-state index in [0.29, 0.717) is 5.69 Å². The number of carbonyl (C=O) groups is 2. The Bertz CT molecular complexity index is 1120. The van der Waals surface area contributed by atoms with Crippen molar-refractivity contribution >= 4 is 17.3 Å². The Morgan fingerprint density at radius 1 is 1.10 bits per heavy atom. The Morgan fingerprint density at radius 3 is 2.43 bits per heavy atom. The number of aryl methyl sites for hydroxylation is 1. The van der Waals surface area contributed by atoms with E-state index in [1.807, 2.05) is 19.1 Å². The van der Waals surface area contributed by atoms with E-state index < -0.39 is 23.4 Å². The van der Waals surface area contributed by atoms with Crippen molar-refractivity contribution in [3.63, 3.8) is 0 Å². The second-order valence-corrected chi connectivity index (χ2v) is 6.42. The maximum Gasteiger partial charge on any atom is 0.416 e. The number of aromatic nitrogens is 4. The largest absolute Gasteiger partial charge is 0.416 e. The predicted molar refractivity (Wildman–Crippen MR) is 101 cm³/mol. The van der Waals surface area contributed by atoms with Gasteiger partial charge in [-0.3, -0.25) is 9.59 Å². The summed E-state index contributed by atoms with van der Waals surface area (Å²) in [6, 6.07) is 11.1. The molecule has 3 rings (SSSR count). The number of ketones is 1. The van der Waals surface area contributed by atoms with Gasteiger partial charge < -0.3 is 5.32 Å². The zero-order valence-electron chi connectivity index (χ0n) is 15.9. The Balaban J connectivity index is 2.09. The molecule has 3 aromatic rings. The van der Waals surface area contributed by atoms with Crippen molar-refractivity contribution in [2.75, 3.05) is 0 Å². The van der Waals surface area contributed by atoms with Crippen LogP contribution in [-0.4, -0.2) is 31.9 Å². The van der Waals surface area contributed by atoms with Crippen LogP contribution in [0.4, 0.5) is 13.2 Å². The molecule has 0 unspecified atom stereocenters. The summed E-state index contributed by atoms with van der Waals surface area (Å²) in [7, 11) is 0. The Morgan fingerprint density at radius 2 is 1.80 bits per heavy atom. The summed E-state index contributed by atoms with van der Waals surface area (Å²) >= 11 is 0. The van der Waals surface area contributed by atoms with Gasteiger partial charge in [-0.25, -0.2) is 0 Å². The number of hydrogen-bond acceptors (Lipinski definition) is 5. The molecule has 1 N–H and O–H groups in total. The smallest absolute Gasteiger partial charge is 0.332 e. The van der Waals surface area contributed by atoms with Crippen molar-refractivity contribution in [1.29, 1.82) is 0 Å². The zero-order chi connectivity index (χ0) is 21.9. The number of allylic oxidation sites excluding steroid dienone is 1. The number of hydrogen-bond donors (Lipinski definition) is 1. The third-order valence-electron chi connectivity index (χ3n) is 4.11. The first-order chi connectivity index (χ1) is 14.2. The summed E-state index contributed by atoms with van der Waals surface area (Å²) in [6.07, 6.45) is -3.53. The van der Waals surface area contributed by atoms with Gasteiger partial charge in [0.2, 0.25) is 5.91 Å². The van der Waals surface area contributed by atoms with Gasteiger partial charge in [0.05, 0.1) is 16.8 Å². The summed E-state index contributed by atoms with van der Waals surface area (Å²) in [4.78, 5) is 24.5. The minimum atomic E-state index is -4.61. The fourth-order valence-corrected chi connectivity index (χ4v) is 2.61. The molecule has 2 aromatic carbocycles. The maximum atomic E-state index is 13.1. The number of nitrogens with zero attached hydrogens (tertiary/aromatic N) is 4. The van der Waals surface area contributed by atoms with Crippen molar-refractivity contribution in [2.24, 2.45) is 0 Å². The molecule has 1 heterocycles. The number of alkyl halides is 3. The van der Waals surface area contributed by atoms with Gasteiger partial charge in [0.15, 0.2) is 11.6 Å². The summed E-state index contributed by atoms with van der Waals surface area (Å²) in [5, 5.41) is 13.7. The topological polar surface area (TPSA) is 89.8 Å². The first kappa shape index (κ1) is 20.9. The van der Waals surface area contributed by atoms with E-state index in [1.165, 1.54) is 17.7 Å². The summed E-state index contributed by atoms with van der Waals surface area (Å²) < 4.78 is 40.4. The molecular formula is C20H16F3N5O2. The highest BCUT2D eigenvalue weighted by molar-refractivity contribution is 6.28. The molecule has 1 amide bonds. The van der Waals surface area contributed by atoms with E-state index in [0.717, 1.165) is 30.0 Å². The number of nitrogens with one attached hydrogen (secondary N) is 1. The molecular weight excluding hydrogens is 399 g/mol. The molecule has 0 aliphatic carbocycles. The quantitative estimate of drug-likeness (QED) is 0.510. The van der Waals surface area contributed by atoms with Gasteiger partial charge in [0, 0.05) is 18.7 Å². The molecule has 10 heteroatoms. The summed E-state index contributed by atoms with van der Waals surface area (Å²) in [5.41, 5.74) is 0.161. The second kappa shape index (κ2) is 8.27. The van der Waals surface area contributed by atoms with Gasteiger partial charge in [-0.15, -0.1) is 5.10 Å². The molecule has 0 saturated carbocycles. The average Bonchev–Trinajstić information content (AvgIpc) is 3.17. The lowest BCUT2D eigenvalue weighted by Crippen LogP contribution is -2.17. The molecule has 1 aromatic heterocycles. The van der Waals surface area contributed by atoms with Crippen LogP contribution in [0.3, 0.4) is 0 Å². The molecule has 0 bridgehead atoms. The highest BCUT2D eigenvalue weighted by atomic mass is 19.4. The second-order valence-electron chi connectivity index (χ2n) is 6.42. The lowest BCUT2D eigenvalue weighted by molar-refractivity contribution is -0.137. The number of Topliss-reactive ketones (excluding diaryl/α,β-unsaturated/α-hetero) is 1. The van der Waals surface area contributed by atoms with Crippen LogP contribution in [0.5, 0.6) is 0 Å². The maximum absolute atomic E-state index is 13.1. The van der Waals surface area contributed by atoms with E-state index in [2.05, 4.69) is 20.8 Å². The number of benzene rings is 2. The van der Waals surface area contributed by atoms with Crippen LogP contribution in [0, 0.1) is 6.92 Å². The lowest BCUT2D eigenvalue weighted by atomic mass is 10.0. The normalized spacial score (nSPS) is 12.0. The lowest BCUT2D eigenvalue weighted by Gasteiger charge is -2.11. The van der Waals surface area contributed by atoms with Gasteiger partial charge in [0.1, 0.15) is 0 Å². The van der Waals surface area contributed by atoms with Gasteiger partial charge in [-0.1, -0.05) is 29.8 Å². The molecule has 0 saturated heterocycles. The number of halogens is 3. The van der Waals surface area contributed by atoms with Gasteiger partial charge >= 0.3 is 6.18 Å². The molecule has 0 aliphatic heterocycles. The number of carbonyl (C=O) groups excluding carboxylic acids is 2. The van der Waals surface area contributed by atoms with Crippen molar-refractivity contribution < 1.29 is 22.8 Å². The molecule has 7 nitrogen and oxygen atoms in total. The minimum Gasteiger partial charge on any atom is -0.332 e. The standard InChI is InChI=1S/C20H16F3N5O2/c1-12-6-8-16(9-7-12)28-19(25-26-27-28)17(11-24-13(2)29)18(30)14-4-3-5-15(10-14)20(21,22)23/h3-11H,1-2H3,(H,24,29). The highest BCUT2D eigenvalue weighted by Crippen LogP contribution is 2.30. The van der Waals surface area contributed by atoms with Crippen LogP contribution >= 0.6 is 0 Å². The molecule has 0 spiro atoms. The molecule has 0 aliphatic rings. The van der Waals surface area contributed by atoms with Crippen LogP contribution in [0.25, 0.3) is 11.3 Å². The van der Waals surface area contributed by atoms with Gasteiger partial charge in [-0.05, 0) is 41.6 Å². The zero-order valence-corrected chi connectivity index (χ0v) is 15.9. The van der Waals surface area contributed by atoms with Crippen molar-refractivity contribution in [1.82, 2.24) is 25.5 Å². The third-order valence-corrected chi connectivity index (χ3v) is 4.11. The van der Waals surface area contributed by atoms with E-state index in [4.69, 9.17) is 0 Å². The van der Waals surface area contributed by atoms with E-state index in [1.54, 1.807) is 12.1 Å². The van der Waals surface area contributed by atoms with Crippen molar-refractivity contribution in [3.8, 4) is 5.69 Å². The number of tetrazole rings is 1. The monoisotopic (exact) mass is 415 g/mol. The average molecular weight is 415 g/mol. The van der Waals surface area contributed by atoms with Crippen LogP contribution in [0.2, 0.25) is 0 Å². The van der Waals surface area contributed by atoms with Crippen molar-refractivity contribution in [2.45, 2.75) is 20.0 Å². The van der Waals surface area contributed by atoms with E-state index in [-0.39, 0.29) is 17.0 Å². The van der Waals surface area contributed by atoms with Crippen LogP contribution in [0.1, 0.15) is 34.2 Å². The molecule has 154 valence electrons. The Labute approximate surface area is 169 Å². The van der Waals surface area contributed by atoms with Crippen LogP contribution < -0.4 is 5.32 Å². The minimum absolute atomic E-state index is 0.0324. The summed E-state index contributed by atoms with van der Waals surface area (Å²) in [5.74, 6) is -1.29. The number of amides is 1. The van der Waals surface area contributed by atoms with E-state index in [9.17, 15) is 22.8 Å². The molecule has 0 atom stereocenters. The van der Waals surface area contributed by atoms with Crippen molar-refractivity contribution in [3.05, 3.63) is 77.2 Å². The SMILES string of the molecule is CC(=O)NC=C(C(=O)c1cccc(C(F)(F)F)c1)c1nnnn1-c1ccc(C)cc1. The molecule has 0 radical (unpaired) electrons. The first-order valence-corrected chi connectivity index (χ1v) is 8.72. The molecule has 30 heavy (non-hydrogen) atoms. The number of rotatable bonds is 5. The van der Waals surface area contributed by atoms with Crippen LogP contribution in [0.15, 0.2) is 54.7 Å². The molecule has 0 fully saturated rings. The highest BCUT2D eigenvalue weighted by Gasteiger charge is 2.31. The first-order valence-electron chi connectivity index (χ1n) is 8.72. The van der Waals surface area contributed by atoms with Gasteiger partial charge in [-0.2, -0.15) is 17.9 Å². The predicted octanol–water partition coefficient (Wildman–Crippen LogP) is 3.35. The third kappa shape index (κ3) is 4.59. The van der Waals surface area contributed by atoms with Gasteiger partial charge in [0.25, 0.3) is 0 Å². The fourth-order valence-electron chi connectivity index (χ4n) is 2.61. The van der Waals surface area contributed by atoms with E-state index >= 15 is 0 Å². The fraction of sp³-hybridized carbons (Fsp3) is 0.150. The Kier molecular flexibility index (Phi) is 5.77.